The zero-order valence-corrected chi connectivity index (χ0v) is 18.8. The van der Waals surface area contributed by atoms with E-state index in [-0.39, 0.29) is 11.8 Å². The highest BCUT2D eigenvalue weighted by Gasteiger charge is 2.08. The molecule has 6 nitrogen and oxygen atoms in total. The predicted octanol–water partition coefficient (Wildman–Crippen LogP) is 4.44. The van der Waals surface area contributed by atoms with E-state index in [0.717, 1.165) is 28.3 Å². The van der Waals surface area contributed by atoms with Crippen molar-refractivity contribution < 1.29 is 13.9 Å². The van der Waals surface area contributed by atoms with Crippen LogP contribution in [0.2, 0.25) is 0 Å². The Morgan fingerprint density at radius 1 is 1.16 bits per heavy atom. The number of nitrogens with zero attached hydrogens (tertiary/aromatic N) is 2. The number of carbonyl (C=O) groups is 1. The van der Waals surface area contributed by atoms with Crippen molar-refractivity contribution in [2.24, 2.45) is 0 Å². The molecule has 1 aromatic heterocycles. The van der Waals surface area contributed by atoms with Gasteiger partial charge in [-0.3, -0.25) is 5.32 Å². The van der Waals surface area contributed by atoms with E-state index in [2.05, 4.69) is 20.5 Å². The minimum atomic E-state index is -0.325. The zero-order valence-electron chi connectivity index (χ0n) is 17.9. The smallest absolute Gasteiger partial charge is 0.321 e. The van der Waals surface area contributed by atoms with Gasteiger partial charge in [-0.05, 0) is 55.9 Å². The number of carbonyl (C=O) groups excluding carboxylic acids is 1. The molecule has 2 aromatic carbocycles. The van der Waals surface area contributed by atoms with Crippen molar-refractivity contribution in [3.05, 3.63) is 76.0 Å². The van der Waals surface area contributed by atoms with Crippen LogP contribution in [0.1, 0.15) is 21.6 Å². The molecule has 0 aliphatic rings. The summed E-state index contributed by atoms with van der Waals surface area (Å²) >= 11 is 1.37. The zero-order chi connectivity index (χ0) is 22.2. The van der Waals surface area contributed by atoms with Gasteiger partial charge in [0.15, 0.2) is 5.13 Å². The molecule has 3 rings (SSSR count). The normalized spacial score (nSPS) is 10.9. The molecule has 0 radical (unpaired) electrons. The monoisotopic (exact) mass is 442 g/mol. The maximum Gasteiger partial charge on any atom is 0.321 e. The van der Waals surface area contributed by atoms with Crippen LogP contribution in [-0.2, 0) is 13.0 Å². The largest absolute Gasteiger partial charge is 0.492 e. The molecule has 0 bridgehead atoms. The van der Waals surface area contributed by atoms with Crippen LogP contribution in [0.5, 0.6) is 5.75 Å². The molecule has 164 valence electrons. The summed E-state index contributed by atoms with van der Waals surface area (Å²) in [4.78, 5) is 19.4. The lowest BCUT2D eigenvalue weighted by atomic mass is 10.1. The maximum atomic E-state index is 13.7. The van der Waals surface area contributed by atoms with Gasteiger partial charge >= 0.3 is 6.03 Å². The van der Waals surface area contributed by atoms with Crippen LogP contribution in [0.15, 0.2) is 48.7 Å². The van der Waals surface area contributed by atoms with Gasteiger partial charge in [-0.1, -0.05) is 24.3 Å². The first-order valence-electron chi connectivity index (χ1n) is 10.00. The molecular formula is C23H27FN4O2S. The van der Waals surface area contributed by atoms with Gasteiger partial charge in [0, 0.05) is 30.6 Å². The summed E-state index contributed by atoms with van der Waals surface area (Å²) in [6, 6.07) is 12.5. The summed E-state index contributed by atoms with van der Waals surface area (Å²) < 4.78 is 19.4. The highest BCUT2D eigenvalue weighted by molar-refractivity contribution is 7.15. The highest BCUT2D eigenvalue weighted by Crippen LogP contribution is 2.22. The van der Waals surface area contributed by atoms with E-state index in [9.17, 15) is 9.18 Å². The summed E-state index contributed by atoms with van der Waals surface area (Å²) in [5.74, 6) is 0.590. The molecule has 0 atom stereocenters. The Kier molecular flexibility index (Phi) is 7.97. The number of rotatable bonds is 9. The van der Waals surface area contributed by atoms with Crippen molar-refractivity contribution in [3.63, 3.8) is 0 Å². The minimum Gasteiger partial charge on any atom is -0.492 e. The van der Waals surface area contributed by atoms with Crippen LogP contribution in [0.4, 0.5) is 14.3 Å². The third-order valence-electron chi connectivity index (χ3n) is 4.57. The van der Waals surface area contributed by atoms with Crippen LogP contribution >= 0.6 is 11.3 Å². The molecule has 0 saturated heterocycles. The topological polar surface area (TPSA) is 66.5 Å². The number of hydrogen-bond donors (Lipinski definition) is 2. The second-order valence-electron chi connectivity index (χ2n) is 7.50. The van der Waals surface area contributed by atoms with Crippen molar-refractivity contribution in [2.45, 2.75) is 19.9 Å². The molecule has 3 aromatic rings. The van der Waals surface area contributed by atoms with Crippen molar-refractivity contribution in [1.29, 1.82) is 0 Å². The van der Waals surface area contributed by atoms with Gasteiger partial charge in [0.2, 0.25) is 0 Å². The van der Waals surface area contributed by atoms with Crippen LogP contribution < -0.4 is 15.4 Å². The first-order valence-corrected chi connectivity index (χ1v) is 10.8. The number of likely N-dealkylation sites (N-methyl/N-ethyl adjacent to an activating group) is 1. The Bertz CT molecular complexity index is 1010. The van der Waals surface area contributed by atoms with Gasteiger partial charge in [-0.15, -0.1) is 11.3 Å². The predicted molar refractivity (Wildman–Crippen MR) is 122 cm³/mol. The maximum absolute atomic E-state index is 13.7. The summed E-state index contributed by atoms with van der Waals surface area (Å²) in [6.07, 6.45) is 2.27. The number of amides is 2. The SMILES string of the molecule is Cc1ccc(Cc2cnc(NC(=O)NCc3ccc(OCCN(C)C)cc3)s2)cc1F. The van der Waals surface area contributed by atoms with E-state index >= 15 is 0 Å². The van der Waals surface area contributed by atoms with E-state index in [1.165, 1.54) is 17.4 Å². The molecule has 31 heavy (non-hydrogen) atoms. The van der Waals surface area contributed by atoms with E-state index in [1.54, 1.807) is 19.2 Å². The lowest BCUT2D eigenvalue weighted by Crippen LogP contribution is -2.28. The molecule has 2 amide bonds. The number of anilines is 1. The lowest BCUT2D eigenvalue weighted by Gasteiger charge is -2.11. The van der Waals surface area contributed by atoms with Crippen molar-refractivity contribution in [3.8, 4) is 5.75 Å². The highest BCUT2D eigenvalue weighted by atomic mass is 32.1. The van der Waals surface area contributed by atoms with E-state index in [0.29, 0.717) is 30.3 Å². The molecule has 0 saturated carbocycles. The van der Waals surface area contributed by atoms with Gasteiger partial charge in [-0.25, -0.2) is 14.2 Å². The number of thiazole rings is 1. The number of halogens is 1. The standard InChI is InChI=1S/C23H27FN4O2S/c1-16-4-5-18(13-21(16)24)12-20-15-26-23(31-20)27-22(29)25-14-17-6-8-19(9-7-17)30-11-10-28(2)3/h4-9,13,15H,10-12,14H2,1-3H3,(H2,25,26,27,29). The average Bonchev–Trinajstić information content (AvgIpc) is 3.16. The number of benzene rings is 2. The van der Waals surface area contributed by atoms with Gasteiger partial charge < -0.3 is 15.0 Å². The second-order valence-corrected chi connectivity index (χ2v) is 8.61. The number of nitrogens with one attached hydrogen (secondary N) is 2. The van der Waals surface area contributed by atoms with Crippen LogP contribution in [0.3, 0.4) is 0 Å². The third-order valence-corrected chi connectivity index (χ3v) is 5.49. The summed E-state index contributed by atoms with van der Waals surface area (Å²) in [5, 5.41) is 6.06. The van der Waals surface area contributed by atoms with Crippen molar-refractivity contribution in [1.82, 2.24) is 15.2 Å². The van der Waals surface area contributed by atoms with Crippen LogP contribution in [-0.4, -0.2) is 43.2 Å². The Morgan fingerprint density at radius 3 is 2.61 bits per heavy atom. The summed E-state index contributed by atoms with van der Waals surface area (Å²) in [5.41, 5.74) is 2.46. The number of hydrogen-bond acceptors (Lipinski definition) is 5. The molecule has 2 N–H and O–H groups in total. The first kappa shape index (κ1) is 22.7. The molecule has 0 unspecified atom stereocenters. The number of ether oxygens (including phenoxy) is 1. The van der Waals surface area contributed by atoms with Crippen LogP contribution in [0, 0.1) is 12.7 Å². The number of aryl methyl sites for hydroxylation is 1. The Hall–Kier alpha value is -2.97. The van der Waals surface area contributed by atoms with Crippen molar-refractivity contribution >= 4 is 22.5 Å². The van der Waals surface area contributed by atoms with Gasteiger partial charge in [0.1, 0.15) is 18.2 Å². The molecule has 0 fully saturated rings. The Balaban J connectivity index is 1.44. The van der Waals surface area contributed by atoms with Gasteiger partial charge in [-0.2, -0.15) is 0 Å². The fourth-order valence-corrected chi connectivity index (χ4v) is 3.61. The molecule has 1 heterocycles. The first-order chi connectivity index (χ1) is 14.9. The van der Waals surface area contributed by atoms with E-state index < -0.39 is 0 Å². The fraction of sp³-hybridized carbons (Fsp3) is 0.304. The van der Waals surface area contributed by atoms with E-state index in [1.807, 2.05) is 44.4 Å². The Morgan fingerprint density at radius 2 is 1.90 bits per heavy atom. The molecular weight excluding hydrogens is 415 g/mol. The number of aromatic nitrogens is 1. The molecule has 0 aliphatic heterocycles. The van der Waals surface area contributed by atoms with Gasteiger partial charge in [0.05, 0.1) is 0 Å². The minimum absolute atomic E-state index is 0.215. The van der Waals surface area contributed by atoms with Gasteiger partial charge in [0.25, 0.3) is 0 Å². The fourth-order valence-electron chi connectivity index (χ4n) is 2.77. The van der Waals surface area contributed by atoms with E-state index in [4.69, 9.17) is 4.74 Å². The molecule has 0 aliphatic carbocycles. The average molecular weight is 443 g/mol. The lowest BCUT2D eigenvalue weighted by molar-refractivity contribution is 0.251. The molecule has 0 spiro atoms. The number of urea groups is 1. The summed E-state index contributed by atoms with van der Waals surface area (Å²) in [6.45, 7) is 3.61. The van der Waals surface area contributed by atoms with Crippen LogP contribution in [0.25, 0.3) is 0 Å². The second kappa shape index (κ2) is 10.9. The summed E-state index contributed by atoms with van der Waals surface area (Å²) in [7, 11) is 4.00. The molecule has 8 heteroatoms. The van der Waals surface area contributed by atoms with Crippen molar-refractivity contribution in [2.75, 3.05) is 32.6 Å². The quantitative estimate of drug-likeness (QED) is 0.514. The third kappa shape index (κ3) is 7.34. The Labute approximate surface area is 186 Å².